The molecule has 2 aromatic carbocycles. The van der Waals surface area contributed by atoms with E-state index in [9.17, 15) is 9.36 Å². The molecule has 0 aliphatic heterocycles. The summed E-state index contributed by atoms with van der Waals surface area (Å²) in [6.45, 7) is 12.1. The first-order valence-electron chi connectivity index (χ1n) is 10.8. The predicted molar refractivity (Wildman–Crippen MR) is 149 cm³/mol. The van der Waals surface area contributed by atoms with Crippen molar-refractivity contribution in [3.8, 4) is 12.1 Å². The number of carbonyl (C=O) groups is 1. The van der Waals surface area contributed by atoms with Crippen LogP contribution >= 0.6 is 39.5 Å². The van der Waals surface area contributed by atoms with Gasteiger partial charge in [0, 0.05) is 20.6 Å². The summed E-state index contributed by atoms with van der Waals surface area (Å²) in [6, 6.07) is 11.6. The van der Waals surface area contributed by atoms with Crippen molar-refractivity contribution in [2.75, 3.05) is 19.4 Å². The first kappa shape index (κ1) is 32.9. The number of benzene rings is 2. The normalized spacial score (nSPS) is 10.3. The Morgan fingerprint density at radius 1 is 0.857 bits per heavy atom. The van der Waals surface area contributed by atoms with Gasteiger partial charge in [0.05, 0.1) is 25.4 Å². The summed E-state index contributed by atoms with van der Waals surface area (Å²) in [4.78, 5) is 10.4. The van der Waals surface area contributed by atoms with Crippen LogP contribution in [-0.4, -0.2) is 25.7 Å². The highest BCUT2D eigenvalue weighted by molar-refractivity contribution is 9.10. The number of halogens is 2. The number of carbonyl (C=O) groups excluding carboxylic acids is 1. The Hall–Kier alpha value is -2.06. The summed E-state index contributed by atoms with van der Waals surface area (Å²) in [7, 11) is -3.08. The largest absolute Gasteiger partial charge is 0.344 e. The van der Waals surface area contributed by atoms with Gasteiger partial charge in [-0.3, -0.25) is 9.36 Å². The fourth-order valence-electron chi connectivity index (χ4n) is 2.87. The van der Waals surface area contributed by atoms with Gasteiger partial charge in [-0.1, -0.05) is 44.0 Å². The molecule has 6 nitrogen and oxygen atoms in total. The van der Waals surface area contributed by atoms with E-state index in [1.54, 1.807) is 19.9 Å². The summed E-state index contributed by atoms with van der Waals surface area (Å²) in [6.07, 6.45) is 4.00. The SMILES string of the molecule is CCOP(=O)(CC#N)OCC.Cc1cc(/C=C/C#N)cc(C)c1Br.Cc1cc(C=O)cc(C)c1Br. The number of rotatable bonds is 7. The van der Waals surface area contributed by atoms with Gasteiger partial charge in [-0.05, 0) is 87.6 Å². The van der Waals surface area contributed by atoms with Gasteiger partial charge in [-0.2, -0.15) is 10.5 Å². The molecule has 0 amide bonds. The van der Waals surface area contributed by atoms with Crippen LogP contribution in [0.25, 0.3) is 6.08 Å². The lowest BCUT2D eigenvalue weighted by Crippen LogP contribution is -1.98. The number of hydrogen-bond donors (Lipinski definition) is 0. The number of aldehydes is 1. The number of nitriles is 2. The third-order valence-electron chi connectivity index (χ3n) is 4.32. The second kappa shape index (κ2) is 17.4. The van der Waals surface area contributed by atoms with E-state index >= 15 is 0 Å². The summed E-state index contributed by atoms with van der Waals surface area (Å²) in [5.41, 5.74) is 6.40. The zero-order valence-electron chi connectivity index (χ0n) is 20.9. The van der Waals surface area contributed by atoms with E-state index in [4.69, 9.17) is 19.6 Å². The molecule has 9 heteroatoms. The Balaban J connectivity index is 0.000000498. The average Bonchev–Trinajstić information content (AvgIpc) is 2.80. The molecule has 188 valence electrons. The highest BCUT2D eigenvalue weighted by Gasteiger charge is 2.22. The minimum Gasteiger partial charge on any atom is -0.308 e. The van der Waals surface area contributed by atoms with Crippen molar-refractivity contribution in [3.05, 3.63) is 72.7 Å². The molecule has 2 aromatic rings. The van der Waals surface area contributed by atoms with Crippen LogP contribution in [0.1, 0.15) is 52.0 Å². The highest BCUT2D eigenvalue weighted by Crippen LogP contribution is 2.47. The third-order valence-corrected chi connectivity index (χ3v) is 8.65. The minimum absolute atomic E-state index is 0.172. The van der Waals surface area contributed by atoms with E-state index in [2.05, 4.69) is 31.9 Å². The van der Waals surface area contributed by atoms with Crippen molar-refractivity contribution in [2.45, 2.75) is 41.5 Å². The summed E-state index contributed by atoms with van der Waals surface area (Å²) >= 11 is 6.92. The number of hydrogen-bond acceptors (Lipinski definition) is 6. The molecular formula is C26H31Br2N2O4P. The lowest BCUT2D eigenvalue weighted by Gasteiger charge is -2.12. The van der Waals surface area contributed by atoms with Crippen molar-refractivity contribution in [3.63, 3.8) is 0 Å². The molecule has 0 saturated heterocycles. The van der Waals surface area contributed by atoms with Crippen LogP contribution in [0.5, 0.6) is 0 Å². The summed E-state index contributed by atoms with van der Waals surface area (Å²) < 4.78 is 23.2. The molecular weight excluding hydrogens is 595 g/mol. The summed E-state index contributed by atoms with van der Waals surface area (Å²) in [5, 5.41) is 16.6. The van der Waals surface area contributed by atoms with Gasteiger partial charge in [0.1, 0.15) is 12.4 Å². The van der Waals surface area contributed by atoms with E-state index < -0.39 is 7.60 Å². The van der Waals surface area contributed by atoms with Gasteiger partial charge in [-0.15, -0.1) is 0 Å². The van der Waals surface area contributed by atoms with Gasteiger partial charge < -0.3 is 9.05 Å². The Labute approximate surface area is 225 Å². The molecule has 0 aliphatic carbocycles. The van der Waals surface area contributed by atoms with E-state index in [0.717, 1.165) is 37.5 Å². The molecule has 0 N–H and O–H groups in total. The maximum atomic E-state index is 11.3. The average molecular weight is 626 g/mol. The zero-order valence-corrected chi connectivity index (χ0v) is 25.0. The summed E-state index contributed by atoms with van der Waals surface area (Å²) in [5.74, 6) is 0. The lowest BCUT2D eigenvalue weighted by molar-refractivity contribution is 0.112. The number of aryl methyl sites for hydroxylation is 4. The molecule has 0 bridgehead atoms. The first-order chi connectivity index (χ1) is 16.5. The van der Waals surface area contributed by atoms with Crippen LogP contribution in [-0.2, 0) is 13.6 Å². The highest BCUT2D eigenvalue weighted by atomic mass is 79.9. The van der Waals surface area contributed by atoms with Crippen LogP contribution in [0.4, 0.5) is 0 Å². The second-order valence-electron chi connectivity index (χ2n) is 7.28. The Morgan fingerprint density at radius 3 is 1.57 bits per heavy atom. The Bertz CT molecular complexity index is 1100. The van der Waals surface area contributed by atoms with E-state index in [1.165, 1.54) is 17.2 Å². The van der Waals surface area contributed by atoms with Crippen LogP contribution in [0.15, 0.2) is 39.3 Å². The van der Waals surface area contributed by atoms with Crippen molar-refractivity contribution in [1.29, 1.82) is 10.5 Å². The van der Waals surface area contributed by atoms with Crippen molar-refractivity contribution in [2.24, 2.45) is 0 Å². The molecule has 2 rings (SSSR count). The predicted octanol–water partition coefficient (Wildman–Crippen LogP) is 8.26. The minimum atomic E-state index is -3.08. The van der Waals surface area contributed by atoms with Gasteiger partial charge in [0.15, 0.2) is 0 Å². The molecule has 0 aliphatic rings. The van der Waals surface area contributed by atoms with Gasteiger partial charge >= 0.3 is 7.60 Å². The van der Waals surface area contributed by atoms with Crippen LogP contribution in [0.3, 0.4) is 0 Å². The van der Waals surface area contributed by atoms with E-state index in [0.29, 0.717) is 13.2 Å². The maximum absolute atomic E-state index is 11.3. The van der Waals surface area contributed by atoms with Gasteiger partial charge in [0.2, 0.25) is 0 Å². The standard InChI is InChI=1S/C11H10BrN.C9H9BrO.C6H12NO3P/c1-8-6-10(4-3-5-13)7-9(2)11(8)12;1-6-3-8(5-11)4-7(2)9(6)10;1-3-9-11(8,6-5-7)10-4-2/h3-4,6-7H,1-2H3;3-5H,1-2H3;3-4,6H2,1-2H3/b4-3+;;. The quantitative estimate of drug-likeness (QED) is 0.174. The van der Waals surface area contributed by atoms with Crippen LogP contribution in [0, 0.1) is 50.4 Å². The van der Waals surface area contributed by atoms with E-state index in [1.807, 2.05) is 64.1 Å². The van der Waals surface area contributed by atoms with Crippen LogP contribution < -0.4 is 0 Å². The molecule has 0 spiro atoms. The Morgan fingerprint density at radius 2 is 1.26 bits per heavy atom. The third kappa shape index (κ3) is 12.5. The van der Waals surface area contributed by atoms with Crippen molar-refractivity contribution in [1.82, 2.24) is 0 Å². The number of allylic oxidation sites excluding steroid dienone is 1. The van der Waals surface area contributed by atoms with Gasteiger partial charge in [-0.25, -0.2) is 0 Å². The topological polar surface area (TPSA) is 100 Å². The molecule has 0 radical (unpaired) electrons. The second-order valence-corrected chi connectivity index (χ2v) is 10.9. The van der Waals surface area contributed by atoms with Crippen molar-refractivity contribution >= 4 is 51.8 Å². The molecule has 0 atom stereocenters. The molecule has 35 heavy (non-hydrogen) atoms. The molecule has 0 saturated carbocycles. The fraction of sp³-hybridized carbons (Fsp3) is 0.346. The lowest BCUT2D eigenvalue weighted by atomic mass is 10.1. The van der Waals surface area contributed by atoms with Crippen LogP contribution in [0.2, 0.25) is 0 Å². The monoisotopic (exact) mass is 624 g/mol. The molecule has 0 unspecified atom stereocenters. The Kier molecular flexibility index (Phi) is 16.4. The maximum Gasteiger partial charge on any atom is 0.344 e. The van der Waals surface area contributed by atoms with E-state index in [-0.39, 0.29) is 6.16 Å². The van der Waals surface area contributed by atoms with Gasteiger partial charge in [0.25, 0.3) is 0 Å². The molecule has 0 aromatic heterocycles. The first-order valence-corrected chi connectivity index (χ1v) is 14.1. The molecule has 0 heterocycles. The smallest absolute Gasteiger partial charge is 0.308 e. The number of nitrogens with zero attached hydrogens (tertiary/aromatic N) is 2. The molecule has 0 fully saturated rings. The van der Waals surface area contributed by atoms with Crippen molar-refractivity contribution < 1.29 is 18.4 Å². The fourth-order valence-corrected chi connectivity index (χ4v) is 4.54. The zero-order chi connectivity index (χ0) is 27.0.